The molecule has 0 unspecified atom stereocenters. The average Bonchev–Trinajstić information content (AvgIpc) is 1.64. The van der Waals surface area contributed by atoms with E-state index in [9.17, 15) is 8.42 Å². The molecule has 3 nitrogen and oxygen atoms in total. The summed E-state index contributed by atoms with van der Waals surface area (Å²) in [4.78, 5) is 0. The first-order chi connectivity index (χ1) is 4.12. The molecule has 0 spiro atoms. The maximum Gasteiger partial charge on any atom is 1.00 e. The third-order valence-electron chi connectivity index (χ3n) is 0.752. The van der Waals surface area contributed by atoms with Gasteiger partial charge in [-0.25, -0.2) is 0 Å². The number of hydrogen-bond donors (Lipinski definition) is 0. The van der Waals surface area contributed by atoms with Crippen molar-refractivity contribution in [3.05, 3.63) is 0 Å². The zero-order valence-electron chi connectivity index (χ0n) is 9.75. The Labute approximate surface area is 116 Å². The molecule has 0 N–H and O–H groups in total. The van der Waals surface area contributed by atoms with Crippen molar-refractivity contribution in [2.45, 2.75) is 20.3 Å². The van der Waals surface area contributed by atoms with Gasteiger partial charge in [-0.3, -0.25) is 4.18 Å². The molecule has 0 aromatic rings. The van der Waals surface area contributed by atoms with E-state index in [1.54, 1.807) is 13.8 Å². The monoisotopic (exact) mass is 200 g/mol. The minimum atomic E-state index is -3.18. The first kappa shape index (κ1) is 18.6. The van der Waals surface area contributed by atoms with Crippen molar-refractivity contribution in [1.82, 2.24) is 0 Å². The molecule has 0 amide bonds. The van der Waals surface area contributed by atoms with Gasteiger partial charge in [0.05, 0.1) is 12.4 Å². The van der Waals surface area contributed by atoms with E-state index in [1.807, 2.05) is 0 Å². The normalized spacial score (nSPS) is 9.64. The molecule has 0 saturated heterocycles. The van der Waals surface area contributed by atoms with Crippen LogP contribution in [0.25, 0.3) is 0 Å². The van der Waals surface area contributed by atoms with Gasteiger partial charge in [-0.15, -0.1) is 0 Å². The van der Waals surface area contributed by atoms with Crippen LogP contribution in [0.15, 0.2) is 0 Å². The summed E-state index contributed by atoms with van der Waals surface area (Å²) in [5.41, 5.74) is 0. The number of hydrogen-bond acceptors (Lipinski definition) is 3. The van der Waals surface area contributed by atoms with Gasteiger partial charge >= 0.3 is 59.1 Å². The maximum absolute atomic E-state index is 10.6. The second-order valence-corrected chi connectivity index (χ2v) is 3.43. The molecule has 0 atom stereocenters. The molecule has 0 aromatic carbocycles. The Hall–Kier alpha value is 1.91. The molecule has 6 heteroatoms. The molecule has 0 aliphatic heterocycles. The van der Waals surface area contributed by atoms with Gasteiger partial charge in [0.1, 0.15) is 0 Å². The van der Waals surface area contributed by atoms with Crippen molar-refractivity contribution in [3.8, 4) is 0 Å². The molecule has 60 valence electrons. The summed E-state index contributed by atoms with van der Waals surface area (Å²) in [6.07, 6.45) is 0.613. The summed E-state index contributed by atoms with van der Waals surface area (Å²) in [6.45, 7) is 3.70. The topological polar surface area (TPSA) is 43.4 Å². The fraction of sp³-hybridized carbons (Fsp3) is 1.00. The summed E-state index contributed by atoms with van der Waals surface area (Å²) >= 11 is 0. The summed E-state index contributed by atoms with van der Waals surface area (Å²) in [7, 11) is -3.18. The van der Waals surface area contributed by atoms with E-state index in [0.29, 0.717) is 6.42 Å². The van der Waals surface area contributed by atoms with Gasteiger partial charge in [-0.05, 0) is 13.3 Å². The van der Waals surface area contributed by atoms with Crippen molar-refractivity contribution >= 4 is 10.1 Å². The SMILES string of the molecule is CCCS(=O)(=O)OCC.[H-].[H-].[Na+].[Na+]. The fourth-order valence-electron chi connectivity index (χ4n) is 0.488. The van der Waals surface area contributed by atoms with Crippen LogP contribution in [0.1, 0.15) is 23.1 Å². The molecule has 0 aliphatic rings. The van der Waals surface area contributed by atoms with Gasteiger partial charge < -0.3 is 2.85 Å². The Morgan fingerprint density at radius 1 is 1.27 bits per heavy atom. The molecule has 0 rings (SSSR count). The predicted molar refractivity (Wildman–Crippen MR) is 37.9 cm³/mol. The Kier molecular flexibility index (Phi) is 16.9. The van der Waals surface area contributed by atoms with Crippen LogP contribution < -0.4 is 59.1 Å². The van der Waals surface area contributed by atoms with Gasteiger partial charge in [-0.2, -0.15) is 8.42 Å². The van der Waals surface area contributed by atoms with Gasteiger partial charge in [-0.1, -0.05) is 6.92 Å². The Balaban J connectivity index is -0.0000000533. The standard InChI is InChI=1S/C5H12O3S.2Na.2H/c1-3-5-9(6,7)8-4-2;;;;/h3-5H2,1-2H3;;;;/q;2*+1;2*-1. The molecule has 0 bridgehead atoms. The fourth-order valence-corrected chi connectivity index (χ4v) is 1.47. The molecule has 0 saturated carbocycles. The van der Waals surface area contributed by atoms with Crippen LogP contribution >= 0.6 is 0 Å². The summed E-state index contributed by atoms with van der Waals surface area (Å²) in [5.74, 6) is 0.126. The van der Waals surface area contributed by atoms with E-state index in [-0.39, 0.29) is 74.3 Å². The van der Waals surface area contributed by atoms with E-state index in [2.05, 4.69) is 4.18 Å². The summed E-state index contributed by atoms with van der Waals surface area (Å²) < 4.78 is 25.7. The van der Waals surface area contributed by atoms with E-state index >= 15 is 0 Å². The molecule has 0 radical (unpaired) electrons. The first-order valence-electron chi connectivity index (χ1n) is 2.99. The third kappa shape index (κ3) is 11.9. The maximum atomic E-state index is 10.6. The summed E-state index contributed by atoms with van der Waals surface area (Å²) in [6, 6.07) is 0. The van der Waals surface area contributed by atoms with Crippen LogP contribution in [0.2, 0.25) is 0 Å². The van der Waals surface area contributed by atoms with Crippen molar-refractivity contribution < 1.29 is 74.6 Å². The Morgan fingerprint density at radius 2 is 1.73 bits per heavy atom. The quantitative estimate of drug-likeness (QED) is 0.337. The van der Waals surface area contributed by atoms with Crippen molar-refractivity contribution in [2.24, 2.45) is 0 Å². The second kappa shape index (κ2) is 9.99. The van der Waals surface area contributed by atoms with Crippen molar-refractivity contribution in [3.63, 3.8) is 0 Å². The minimum absolute atomic E-state index is 0. The third-order valence-corrected chi connectivity index (χ3v) is 2.25. The van der Waals surface area contributed by atoms with E-state index in [1.165, 1.54) is 0 Å². The van der Waals surface area contributed by atoms with Gasteiger partial charge in [0.25, 0.3) is 10.1 Å². The molecule has 0 aliphatic carbocycles. The van der Waals surface area contributed by atoms with Crippen molar-refractivity contribution in [1.29, 1.82) is 0 Å². The Bertz CT molecular complexity index is 151. The molecular formula is C5H14Na2O3S. The summed E-state index contributed by atoms with van der Waals surface area (Å²) in [5, 5.41) is 0. The van der Waals surface area contributed by atoms with Gasteiger partial charge in [0.15, 0.2) is 0 Å². The zero-order chi connectivity index (χ0) is 7.33. The molecule has 0 fully saturated rings. The Morgan fingerprint density at radius 3 is 2.00 bits per heavy atom. The molecule has 0 aromatic heterocycles. The van der Waals surface area contributed by atoms with Crippen LogP contribution in [0.5, 0.6) is 0 Å². The van der Waals surface area contributed by atoms with Crippen LogP contribution in [-0.2, 0) is 14.3 Å². The predicted octanol–water partition coefficient (Wildman–Crippen LogP) is -5.00. The van der Waals surface area contributed by atoms with E-state index in [4.69, 9.17) is 0 Å². The van der Waals surface area contributed by atoms with Gasteiger partial charge in [0.2, 0.25) is 0 Å². The molecule has 0 heterocycles. The second-order valence-electron chi connectivity index (χ2n) is 1.67. The molecular weight excluding hydrogens is 186 g/mol. The molecule has 11 heavy (non-hydrogen) atoms. The minimum Gasteiger partial charge on any atom is -1.00 e. The van der Waals surface area contributed by atoms with E-state index in [0.717, 1.165) is 0 Å². The average molecular weight is 200 g/mol. The van der Waals surface area contributed by atoms with Crippen LogP contribution in [-0.4, -0.2) is 20.8 Å². The van der Waals surface area contributed by atoms with Crippen molar-refractivity contribution in [2.75, 3.05) is 12.4 Å². The first-order valence-corrected chi connectivity index (χ1v) is 4.57. The van der Waals surface area contributed by atoms with Crippen LogP contribution in [0, 0.1) is 0 Å². The van der Waals surface area contributed by atoms with E-state index < -0.39 is 10.1 Å². The smallest absolute Gasteiger partial charge is 1.00 e. The van der Waals surface area contributed by atoms with Gasteiger partial charge in [0, 0.05) is 0 Å². The zero-order valence-corrected chi connectivity index (χ0v) is 12.6. The van der Waals surface area contributed by atoms with Crippen LogP contribution in [0.3, 0.4) is 0 Å². The van der Waals surface area contributed by atoms with Crippen LogP contribution in [0.4, 0.5) is 0 Å². The number of rotatable bonds is 4. The largest absolute Gasteiger partial charge is 1.00 e.